The molecule has 1 unspecified atom stereocenters. The molecule has 2 saturated heterocycles. The molecule has 2 aliphatic heterocycles. The van der Waals surface area contributed by atoms with Crippen molar-refractivity contribution in [3.05, 3.63) is 59.7 Å². The monoisotopic (exact) mass is 435 g/mol. The van der Waals surface area contributed by atoms with Crippen molar-refractivity contribution < 1.29 is 13.5 Å². The van der Waals surface area contributed by atoms with Crippen LogP contribution >= 0.6 is 11.8 Å². The average Bonchev–Trinajstić information content (AvgIpc) is 2.80. The van der Waals surface area contributed by atoms with E-state index in [1.807, 2.05) is 24.3 Å². The maximum Gasteiger partial charge on any atom is 0.126 e. The minimum atomic E-state index is -0.428. The van der Waals surface area contributed by atoms with Gasteiger partial charge < -0.3 is 15.0 Å². The summed E-state index contributed by atoms with van der Waals surface area (Å²) in [7, 11) is 0. The van der Waals surface area contributed by atoms with E-state index in [9.17, 15) is 8.78 Å². The van der Waals surface area contributed by atoms with Crippen LogP contribution in [0, 0.1) is 17.6 Å². The molecule has 0 saturated carbocycles. The Morgan fingerprint density at radius 3 is 2.57 bits per heavy atom. The first-order valence-corrected chi connectivity index (χ1v) is 11.0. The Morgan fingerprint density at radius 2 is 1.83 bits per heavy atom. The highest BCUT2D eigenvalue weighted by molar-refractivity contribution is 6.13. The van der Waals surface area contributed by atoms with Gasteiger partial charge in [-0.2, -0.15) is 0 Å². The predicted molar refractivity (Wildman–Crippen MR) is 116 cm³/mol. The lowest BCUT2D eigenvalue weighted by molar-refractivity contribution is 0.215. The lowest BCUT2D eigenvalue weighted by Gasteiger charge is -2.39. The molecule has 4 nitrogen and oxygen atoms in total. The molecule has 4 rings (SSSR count). The third kappa shape index (κ3) is 5.05. The van der Waals surface area contributed by atoms with Crippen molar-refractivity contribution in [2.45, 2.75) is 31.2 Å². The lowest BCUT2D eigenvalue weighted by Crippen LogP contribution is -2.47. The van der Waals surface area contributed by atoms with Gasteiger partial charge in [0.15, 0.2) is 0 Å². The fraction of sp³-hybridized carbons (Fsp3) is 0.478. The van der Waals surface area contributed by atoms with Crippen LogP contribution in [0.3, 0.4) is 0 Å². The second-order valence-corrected chi connectivity index (χ2v) is 8.44. The first kappa shape index (κ1) is 21.3. The smallest absolute Gasteiger partial charge is 0.126 e. The van der Waals surface area contributed by atoms with Crippen LogP contribution in [0.4, 0.5) is 14.5 Å². The molecule has 0 aliphatic carbocycles. The number of rotatable bonds is 6. The summed E-state index contributed by atoms with van der Waals surface area (Å²) in [5.74, 6) is 0.496. The second kappa shape index (κ2) is 9.94. The van der Waals surface area contributed by atoms with Crippen LogP contribution in [-0.4, -0.2) is 38.8 Å². The van der Waals surface area contributed by atoms with Crippen molar-refractivity contribution in [1.82, 2.24) is 10.2 Å². The summed E-state index contributed by atoms with van der Waals surface area (Å²) in [6.45, 7) is 4.24. The van der Waals surface area contributed by atoms with E-state index in [-0.39, 0.29) is 17.8 Å². The van der Waals surface area contributed by atoms with Gasteiger partial charge in [0.1, 0.15) is 17.4 Å². The summed E-state index contributed by atoms with van der Waals surface area (Å²) >= 11 is 5.99. The molecule has 2 heterocycles. The van der Waals surface area contributed by atoms with E-state index in [1.54, 1.807) is 0 Å². The third-order valence-corrected chi connectivity index (χ3v) is 6.54. The maximum absolute atomic E-state index is 14.3. The number of hydrogen-bond acceptors (Lipinski definition) is 4. The fourth-order valence-electron chi connectivity index (χ4n) is 4.48. The Labute approximate surface area is 181 Å². The Bertz CT molecular complexity index is 830. The van der Waals surface area contributed by atoms with Gasteiger partial charge in [-0.05, 0) is 98.1 Å². The Morgan fingerprint density at radius 1 is 1.07 bits per heavy atom. The van der Waals surface area contributed by atoms with Gasteiger partial charge in [-0.15, -0.1) is 0 Å². The van der Waals surface area contributed by atoms with Crippen molar-refractivity contribution in [3.63, 3.8) is 0 Å². The van der Waals surface area contributed by atoms with Gasteiger partial charge in [0, 0.05) is 30.7 Å². The number of hydrogen-bond donors (Lipinski definition) is 2. The number of anilines is 1. The normalized spacial score (nSPS) is 22.8. The average molecular weight is 436 g/mol. The molecule has 2 atom stereocenters. The standard InChI is InChI=1S/C23H28ClF2N3O/c24-28-23-14-29(12-9-20(23)21-13-17(25)1-6-22(21)26)18-2-4-19(5-3-18)30-15-16-7-10-27-11-8-16/h1-6,13,16,20,23,27-28H,7-12,14-15H2/t20?,23-/m0/s1. The van der Waals surface area contributed by atoms with Crippen molar-refractivity contribution >= 4 is 17.5 Å². The molecule has 0 bridgehead atoms. The van der Waals surface area contributed by atoms with Crippen LogP contribution in [0.5, 0.6) is 5.75 Å². The summed E-state index contributed by atoms with van der Waals surface area (Å²) in [6.07, 6.45) is 3.00. The molecule has 2 N–H and O–H groups in total. The van der Waals surface area contributed by atoms with E-state index in [1.165, 1.54) is 12.1 Å². The number of nitrogens with zero attached hydrogens (tertiary/aromatic N) is 1. The van der Waals surface area contributed by atoms with Gasteiger partial charge in [0.05, 0.1) is 6.61 Å². The molecule has 0 amide bonds. The molecule has 2 aliphatic rings. The lowest BCUT2D eigenvalue weighted by atomic mass is 9.85. The molecule has 2 aromatic rings. The number of piperidine rings is 2. The minimum absolute atomic E-state index is 0.179. The molecule has 0 radical (unpaired) electrons. The van der Waals surface area contributed by atoms with Crippen LogP contribution < -0.4 is 19.8 Å². The molecule has 162 valence electrons. The molecule has 2 aromatic carbocycles. The first-order valence-electron chi connectivity index (χ1n) is 10.6. The summed E-state index contributed by atoms with van der Waals surface area (Å²) in [6, 6.07) is 11.5. The second-order valence-electron chi connectivity index (χ2n) is 8.22. The highest BCUT2D eigenvalue weighted by atomic mass is 35.5. The molecule has 0 spiro atoms. The van der Waals surface area contributed by atoms with E-state index < -0.39 is 5.82 Å². The highest BCUT2D eigenvalue weighted by Gasteiger charge is 2.32. The van der Waals surface area contributed by atoms with Crippen LogP contribution in [0.15, 0.2) is 42.5 Å². The predicted octanol–water partition coefficient (Wildman–Crippen LogP) is 4.45. The zero-order valence-corrected chi connectivity index (χ0v) is 17.7. The zero-order valence-electron chi connectivity index (χ0n) is 16.9. The quantitative estimate of drug-likeness (QED) is 0.657. The number of benzene rings is 2. The minimum Gasteiger partial charge on any atom is -0.493 e. The third-order valence-electron chi connectivity index (χ3n) is 6.26. The van der Waals surface area contributed by atoms with E-state index in [0.717, 1.165) is 56.6 Å². The molecule has 0 aromatic heterocycles. The molecular weight excluding hydrogens is 408 g/mol. The van der Waals surface area contributed by atoms with Gasteiger partial charge in [-0.3, -0.25) is 0 Å². The number of nitrogens with one attached hydrogen (secondary N) is 2. The van der Waals surface area contributed by atoms with Gasteiger partial charge in [0.25, 0.3) is 0 Å². The van der Waals surface area contributed by atoms with E-state index in [4.69, 9.17) is 16.5 Å². The topological polar surface area (TPSA) is 36.5 Å². The summed E-state index contributed by atoms with van der Waals surface area (Å²) in [4.78, 5) is 4.99. The van der Waals surface area contributed by atoms with Gasteiger partial charge >= 0.3 is 0 Å². The van der Waals surface area contributed by atoms with Gasteiger partial charge in [0.2, 0.25) is 0 Å². The Kier molecular flexibility index (Phi) is 7.08. The van der Waals surface area contributed by atoms with Crippen molar-refractivity contribution in [1.29, 1.82) is 0 Å². The maximum atomic E-state index is 14.3. The molecule has 7 heteroatoms. The number of halogens is 3. The van der Waals surface area contributed by atoms with Gasteiger partial charge in [-0.25, -0.2) is 13.6 Å². The largest absolute Gasteiger partial charge is 0.493 e. The van der Waals surface area contributed by atoms with E-state index >= 15 is 0 Å². The van der Waals surface area contributed by atoms with Gasteiger partial charge in [-0.1, -0.05) is 0 Å². The summed E-state index contributed by atoms with van der Waals surface area (Å²) in [5.41, 5.74) is 1.45. The van der Waals surface area contributed by atoms with Crippen LogP contribution in [0.1, 0.15) is 30.7 Å². The molecule has 30 heavy (non-hydrogen) atoms. The Hall–Kier alpha value is -1.89. The first-order chi connectivity index (χ1) is 14.6. The summed E-state index contributed by atoms with van der Waals surface area (Å²) in [5, 5.41) is 3.37. The number of ether oxygens (including phenoxy) is 1. The molecular formula is C23H28ClF2N3O. The SMILES string of the molecule is Fc1ccc(F)c(C2CCN(c3ccc(OCC4CCNCC4)cc3)C[C@@H]2NCl)c1. The van der Waals surface area contributed by atoms with Crippen LogP contribution in [0.2, 0.25) is 0 Å². The highest BCUT2D eigenvalue weighted by Crippen LogP contribution is 2.33. The van der Waals surface area contributed by atoms with E-state index in [0.29, 0.717) is 24.4 Å². The Balaban J connectivity index is 1.37. The van der Waals surface area contributed by atoms with Crippen molar-refractivity contribution in [2.24, 2.45) is 5.92 Å². The molecule has 2 fully saturated rings. The fourth-order valence-corrected chi connectivity index (χ4v) is 4.70. The zero-order chi connectivity index (χ0) is 20.9. The summed E-state index contributed by atoms with van der Waals surface area (Å²) < 4.78 is 33.9. The van der Waals surface area contributed by atoms with Crippen molar-refractivity contribution in [2.75, 3.05) is 37.7 Å². The van der Waals surface area contributed by atoms with Crippen LogP contribution in [-0.2, 0) is 0 Å². The van der Waals surface area contributed by atoms with Crippen LogP contribution in [0.25, 0.3) is 0 Å². The van der Waals surface area contributed by atoms with E-state index in [2.05, 4.69) is 15.1 Å². The van der Waals surface area contributed by atoms with Crippen molar-refractivity contribution in [3.8, 4) is 5.75 Å².